The van der Waals surface area contributed by atoms with Crippen LogP contribution in [0.5, 0.6) is 5.75 Å². The second kappa shape index (κ2) is 6.67. The van der Waals surface area contributed by atoms with Crippen LogP contribution in [-0.4, -0.2) is 6.61 Å². The Hall–Kier alpha value is -1.95. The average molecular weight is 320 g/mol. The molecule has 112 valence electrons. The van der Waals surface area contributed by atoms with Gasteiger partial charge in [-0.05, 0) is 30.3 Å². The molecule has 0 aliphatic rings. The van der Waals surface area contributed by atoms with Crippen molar-refractivity contribution in [3.05, 3.63) is 58.6 Å². The lowest BCUT2D eigenvalue weighted by atomic mass is 10.2. The van der Waals surface area contributed by atoms with E-state index in [1.165, 1.54) is 24.3 Å². The Labute approximate surface area is 123 Å². The fourth-order valence-electron chi connectivity index (χ4n) is 1.72. The number of ether oxygens (including phenoxy) is 1. The fraction of sp³-hybridized carbons (Fsp3) is 0.143. The topological polar surface area (TPSA) is 21.3 Å². The first-order valence-electron chi connectivity index (χ1n) is 5.88. The van der Waals surface area contributed by atoms with Crippen LogP contribution in [0, 0.1) is 11.6 Å². The molecule has 0 bridgehead atoms. The summed E-state index contributed by atoms with van der Waals surface area (Å²) in [7, 11) is 0. The molecule has 0 aliphatic carbocycles. The van der Waals surface area contributed by atoms with Crippen molar-refractivity contribution in [2.45, 2.75) is 13.2 Å². The van der Waals surface area contributed by atoms with E-state index < -0.39 is 18.2 Å². The Morgan fingerprint density at radius 2 is 1.86 bits per heavy atom. The summed E-state index contributed by atoms with van der Waals surface area (Å²) in [6, 6.07) is 7.14. The summed E-state index contributed by atoms with van der Waals surface area (Å²) in [6.07, 6.45) is 0. The van der Waals surface area contributed by atoms with E-state index in [4.69, 9.17) is 11.6 Å². The van der Waals surface area contributed by atoms with Gasteiger partial charge in [0.1, 0.15) is 17.4 Å². The highest BCUT2D eigenvalue weighted by Gasteiger charge is 2.11. The van der Waals surface area contributed by atoms with Crippen LogP contribution >= 0.6 is 11.6 Å². The third-order valence-corrected chi connectivity index (χ3v) is 2.87. The normalized spacial score (nSPS) is 10.8. The summed E-state index contributed by atoms with van der Waals surface area (Å²) >= 11 is 5.79. The van der Waals surface area contributed by atoms with Crippen LogP contribution in [0.1, 0.15) is 5.56 Å². The summed E-state index contributed by atoms with van der Waals surface area (Å²) in [5, 5.41) is 3.00. The van der Waals surface area contributed by atoms with E-state index in [2.05, 4.69) is 10.1 Å². The van der Waals surface area contributed by atoms with Crippen molar-refractivity contribution in [1.29, 1.82) is 0 Å². The van der Waals surface area contributed by atoms with Crippen LogP contribution in [0.15, 0.2) is 36.4 Å². The molecule has 0 heterocycles. The minimum Gasteiger partial charge on any atom is -0.434 e. The molecule has 0 aliphatic heterocycles. The number of hydrogen-bond acceptors (Lipinski definition) is 2. The predicted octanol–water partition coefficient (Wildman–Crippen LogP) is 4.83. The number of nitrogens with one attached hydrogen (secondary N) is 1. The maximum atomic E-state index is 13.5. The second-order valence-corrected chi connectivity index (χ2v) is 4.54. The highest BCUT2D eigenvalue weighted by molar-refractivity contribution is 6.30. The van der Waals surface area contributed by atoms with E-state index in [-0.39, 0.29) is 18.0 Å². The van der Waals surface area contributed by atoms with Crippen LogP contribution in [0.25, 0.3) is 0 Å². The first-order chi connectivity index (χ1) is 9.95. The van der Waals surface area contributed by atoms with Crippen molar-refractivity contribution in [2.24, 2.45) is 0 Å². The quantitative estimate of drug-likeness (QED) is 0.797. The number of benzene rings is 2. The number of alkyl halides is 2. The molecule has 2 aromatic carbocycles. The number of rotatable bonds is 5. The van der Waals surface area contributed by atoms with Crippen LogP contribution in [0.4, 0.5) is 23.2 Å². The van der Waals surface area contributed by atoms with Crippen molar-refractivity contribution < 1.29 is 22.3 Å². The van der Waals surface area contributed by atoms with Gasteiger partial charge in [-0.3, -0.25) is 0 Å². The van der Waals surface area contributed by atoms with E-state index in [0.29, 0.717) is 10.6 Å². The summed E-state index contributed by atoms with van der Waals surface area (Å²) in [5.74, 6) is -1.56. The molecule has 0 aromatic heterocycles. The van der Waals surface area contributed by atoms with E-state index in [9.17, 15) is 17.6 Å². The molecule has 0 saturated carbocycles. The minimum atomic E-state index is -2.98. The highest BCUT2D eigenvalue weighted by atomic mass is 35.5. The lowest BCUT2D eigenvalue weighted by Gasteiger charge is -2.13. The molecule has 0 radical (unpaired) electrons. The zero-order chi connectivity index (χ0) is 15.4. The van der Waals surface area contributed by atoms with Crippen molar-refractivity contribution in [2.75, 3.05) is 5.32 Å². The second-order valence-electron chi connectivity index (χ2n) is 4.11. The Kier molecular flexibility index (Phi) is 4.90. The molecular weight excluding hydrogens is 310 g/mol. The van der Waals surface area contributed by atoms with Crippen LogP contribution < -0.4 is 10.1 Å². The SMILES string of the molecule is Fc1ccc(NCc2cc(Cl)ccc2OC(F)F)c(F)c1. The Morgan fingerprint density at radius 1 is 1.10 bits per heavy atom. The van der Waals surface area contributed by atoms with Gasteiger partial charge in [0.25, 0.3) is 0 Å². The average Bonchev–Trinajstić information content (AvgIpc) is 2.40. The minimum absolute atomic E-state index is 0.00876. The molecule has 7 heteroatoms. The molecule has 2 nitrogen and oxygen atoms in total. The van der Waals surface area contributed by atoms with Gasteiger partial charge in [0.2, 0.25) is 0 Å². The molecule has 21 heavy (non-hydrogen) atoms. The third kappa shape index (κ3) is 4.26. The first kappa shape index (κ1) is 15.4. The van der Waals surface area contributed by atoms with E-state index in [0.717, 1.165) is 12.1 Å². The van der Waals surface area contributed by atoms with Crippen molar-refractivity contribution in [3.8, 4) is 5.75 Å². The van der Waals surface area contributed by atoms with Gasteiger partial charge in [0.05, 0.1) is 5.69 Å². The predicted molar refractivity (Wildman–Crippen MR) is 71.8 cm³/mol. The molecule has 2 rings (SSSR count). The molecule has 0 spiro atoms. The largest absolute Gasteiger partial charge is 0.434 e. The summed E-state index contributed by atoms with van der Waals surface area (Å²) in [6.45, 7) is -2.99. The number of anilines is 1. The maximum Gasteiger partial charge on any atom is 0.387 e. The zero-order valence-corrected chi connectivity index (χ0v) is 11.3. The van der Waals surface area contributed by atoms with Gasteiger partial charge in [-0.15, -0.1) is 0 Å². The van der Waals surface area contributed by atoms with Gasteiger partial charge in [-0.1, -0.05) is 11.6 Å². The van der Waals surface area contributed by atoms with Gasteiger partial charge in [-0.2, -0.15) is 8.78 Å². The molecule has 1 N–H and O–H groups in total. The maximum absolute atomic E-state index is 13.5. The third-order valence-electron chi connectivity index (χ3n) is 2.64. The van der Waals surface area contributed by atoms with Gasteiger partial charge in [0, 0.05) is 23.2 Å². The van der Waals surface area contributed by atoms with Gasteiger partial charge >= 0.3 is 6.61 Å². The summed E-state index contributed by atoms with van der Waals surface area (Å²) in [4.78, 5) is 0. The molecular formula is C14H10ClF4NO. The van der Waals surface area contributed by atoms with Gasteiger partial charge < -0.3 is 10.1 Å². The Bertz CT molecular complexity index is 636. The summed E-state index contributed by atoms with van der Waals surface area (Å²) < 4.78 is 55.2. The first-order valence-corrected chi connectivity index (χ1v) is 6.25. The zero-order valence-electron chi connectivity index (χ0n) is 10.5. The molecule has 0 amide bonds. The van der Waals surface area contributed by atoms with Crippen molar-refractivity contribution in [3.63, 3.8) is 0 Å². The van der Waals surface area contributed by atoms with Crippen molar-refractivity contribution in [1.82, 2.24) is 0 Å². The smallest absolute Gasteiger partial charge is 0.387 e. The number of hydrogen-bond donors (Lipinski definition) is 1. The van der Waals surface area contributed by atoms with Crippen LogP contribution in [0.3, 0.4) is 0 Å². The summed E-state index contributed by atoms with van der Waals surface area (Å²) in [5.41, 5.74) is 0.367. The van der Waals surface area contributed by atoms with E-state index >= 15 is 0 Å². The Balaban J connectivity index is 2.16. The Morgan fingerprint density at radius 3 is 2.52 bits per heavy atom. The van der Waals surface area contributed by atoms with Gasteiger partial charge in [0.15, 0.2) is 0 Å². The molecule has 2 aromatic rings. The molecule has 0 saturated heterocycles. The van der Waals surface area contributed by atoms with Crippen molar-refractivity contribution >= 4 is 17.3 Å². The van der Waals surface area contributed by atoms with Gasteiger partial charge in [-0.25, -0.2) is 8.78 Å². The van der Waals surface area contributed by atoms with Crippen LogP contribution in [0.2, 0.25) is 5.02 Å². The lowest BCUT2D eigenvalue weighted by molar-refractivity contribution is -0.0504. The molecule has 0 unspecified atom stereocenters. The monoisotopic (exact) mass is 319 g/mol. The number of halogens is 5. The highest BCUT2D eigenvalue weighted by Crippen LogP contribution is 2.26. The fourth-order valence-corrected chi connectivity index (χ4v) is 1.92. The standard InChI is InChI=1S/C14H10ClF4NO/c15-9-1-4-13(21-14(18)19)8(5-9)7-20-12-3-2-10(16)6-11(12)17/h1-6,14,20H,7H2. The van der Waals surface area contributed by atoms with E-state index in [1.54, 1.807) is 0 Å². The lowest BCUT2D eigenvalue weighted by Crippen LogP contribution is -2.08. The molecule has 0 atom stereocenters. The molecule has 0 fully saturated rings. The van der Waals surface area contributed by atoms with E-state index in [1.807, 2.05) is 0 Å². The van der Waals surface area contributed by atoms with Crippen LogP contribution in [-0.2, 0) is 6.54 Å².